The monoisotopic (exact) mass is 278 g/mol. The van der Waals surface area contributed by atoms with Crippen LogP contribution >= 0.6 is 0 Å². The van der Waals surface area contributed by atoms with Crippen LogP contribution in [0.4, 0.5) is 0 Å². The van der Waals surface area contributed by atoms with Crippen molar-refractivity contribution in [2.75, 3.05) is 26.2 Å². The number of primary amides is 1. The van der Waals surface area contributed by atoms with E-state index in [0.717, 1.165) is 37.4 Å². The average molecular weight is 278 g/mol. The van der Waals surface area contributed by atoms with Crippen molar-refractivity contribution in [3.63, 3.8) is 0 Å². The molecule has 1 fully saturated rings. The van der Waals surface area contributed by atoms with Crippen LogP contribution in [-0.4, -0.2) is 43.2 Å². The summed E-state index contributed by atoms with van der Waals surface area (Å²) in [7, 11) is 0. The molecule has 0 bridgehead atoms. The molecule has 1 aromatic carbocycles. The Morgan fingerprint density at radius 1 is 1.30 bits per heavy atom. The highest BCUT2D eigenvalue weighted by atomic mass is 16.5. The molecular weight excluding hydrogens is 256 g/mol. The number of rotatable bonds is 6. The van der Waals surface area contributed by atoms with E-state index in [4.69, 9.17) is 15.2 Å². The average Bonchev–Trinajstić information content (AvgIpc) is 2.43. The maximum atomic E-state index is 10.9. The molecule has 0 atom stereocenters. The molecule has 1 aliphatic heterocycles. The van der Waals surface area contributed by atoms with E-state index in [9.17, 15) is 4.79 Å². The van der Waals surface area contributed by atoms with Crippen molar-refractivity contribution in [1.29, 1.82) is 0 Å². The van der Waals surface area contributed by atoms with Gasteiger partial charge in [0.1, 0.15) is 6.10 Å². The zero-order valence-corrected chi connectivity index (χ0v) is 11.9. The van der Waals surface area contributed by atoms with Gasteiger partial charge in [-0.1, -0.05) is 12.1 Å². The van der Waals surface area contributed by atoms with Gasteiger partial charge >= 0.3 is 0 Å². The zero-order valence-electron chi connectivity index (χ0n) is 11.9. The van der Waals surface area contributed by atoms with Crippen molar-refractivity contribution in [3.05, 3.63) is 24.3 Å². The molecule has 1 amide bonds. The molecule has 110 valence electrons. The molecule has 2 N–H and O–H groups in total. The van der Waals surface area contributed by atoms with Crippen molar-refractivity contribution in [3.8, 4) is 11.5 Å². The Kier molecular flexibility index (Phi) is 5.24. The summed E-state index contributed by atoms with van der Waals surface area (Å²) >= 11 is 0. The minimum absolute atomic E-state index is 0.167. The minimum Gasteiger partial charge on any atom is -0.490 e. The Morgan fingerprint density at radius 3 is 2.55 bits per heavy atom. The van der Waals surface area contributed by atoms with E-state index >= 15 is 0 Å². The molecule has 0 aromatic heterocycles. The number of piperidine rings is 1. The van der Waals surface area contributed by atoms with Gasteiger partial charge in [-0.2, -0.15) is 0 Å². The van der Waals surface area contributed by atoms with Crippen LogP contribution in [0.2, 0.25) is 0 Å². The summed E-state index contributed by atoms with van der Waals surface area (Å²) in [6, 6.07) is 7.73. The Hall–Kier alpha value is -1.75. The SMILES string of the molecule is CCOc1ccccc1OC1CCN(CC(N)=O)CC1. The second-order valence-corrected chi connectivity index (χ2v) is 4.94. The zero-order chi connectivity index (χ0) is 14.4. The third-order valence-electron chi connectivity index (χ3n) is 3.36. The number of nitrogens with two attached hydrogens (primary N) is 1. The Morgan fingerprint density at radius 2 is 1.95 bits per heavy atom. The highest BCUT2D eigenvalue weighted by Gasteiger charge is 2.22. The Labute approximate surface area is 119 Å². The van der Waals surface area contributed by atoms with Crippen molar-refractivity contribution in [1.82, 2.24) is 4.90 Å². The van der Waals surface area contributed by atoms with Crippen LogP contribution in [0.3, 0.4) is 0 Å². The van der Waals surface area contributed by atoms with Gasteiger partial charge in [-0.3, -0.25) is 9.69 Å². The van der Waals surface area contributed by atoms with Gasteiger partial charge in [0, 0.05) is 13.1 Å². The van der Waals surface area contributed by atoms with Crippen molar-refractivity contribution < 1.29 is 14.3 Å². The summed E-state index contributed by atoms with van der Waals surface area (Å²) in [5, 5.41) is 0. The van der Waals surface area contributed by atoms with E-state index in [-0.39, 0.29) is 12.0 Å². The Bertz CT molecular complexity index is 442. The van der Waals surface area contributed by atoms with Gasteiger partial charge in [0.25, 0.3) is 0 Å². The highest BCUT2D eigenvalue weighted by Crippen LogP contribution is 2.29. The van der Waals surface area contributed by atoms with Crippen molar-refractivity contribution in [2.45, 2.75) is 25.9 Å². The van der Waals surface area contributed by atoms with Crippen LogP contribution in [-0.2, 0) is 4.79 Å². The van der Waals surface area contributed by atoms with Crippen LogP contribution in [0, 0.1) is 0 Å². The van der Waals surface area contributed by atoms with Gasteiger partial charge < -0.3 is 15.2 Å². The number of hydrogen-bond donors (Lipinski definition) is 1. The quantitative estimate of drug-likeness (QED) is 0.854. The fraction of sp³-hybridized carbons (Fsp3) is 0.533. The van der Waals surface area contributed by atoms with Gasteiger partial charge in [-0.05, 0) is 31.9 Å². The molecule has 0 unspecified atom stereocenters. The number of hydrogen-bond acceptors (Lipinski definition) is 4. The van der Waals surface area contributed by atoms with Crippen LogP contribution in [0.15, 0.2) is 24.3 Å². The maximum absolute atomic E-state index is 10.9. The molecule has 0 aliphatic carbocycles. The number of carbonyl (C=O) groups excluding carboxylic acids is 1. The second kappa shape index (κ2) is 7.14. The predicted molar refractivity (Wildman–Crippen MR) is 76.9 cm³/mol. The number of benzene rings is 1. The molecule has 2 rings (SSSR count). The summed E-state index contributed by atoms with van der Waals surface area (Å²) in [6.07, 6.45) is 1.96. The lowest BCUT2D eigenvalue weighted by Gasteiger charge is -2.31. The summed E-state index contributed by atoms with van der Waals surface area (Å²) in [4.78, 5) is 13.0. The first kappa shape index (κ1) is 14.7. The lowest BCUT2D eigenvalue weighted by molar-refractivity contribution is -0.119. The molecule has 0 spiro atoms. The molecule has 5 heteroatoms. The largest absolute Gasteiger partial charge is 0.490 e. The molecule has 1 aliphatic rings. The standard InChI is InChI=1S/C15H22N2O3/c1-2-19-13-5-3-4-6-14(13)20-12-7-9-17(10-8-12)11-15(16)18/h3-6,12H,2,7-11H2,1H3,(H2,16,18). The highest BCUT2D eigenvalue weighted by molar-refractivity contribution is 5.75. The molecule has 1 aromatic rings. The third-order valence-corrected chi connectivity index (χ3v) is 3.36. The lowest BCUT2D eigenvalue weighted by atomic mass is 10.1. The topological polar surface area (TPSA) is 64.8 Å². The van der Waals surface area contributed by atoms with Gasteiger partial charge in [0.15, 0.2) is 11.5 Å². The van der Waals surface area contributed by atoms with E-state index in [1.54, 1.807) is 0 Å². The number of para-hydroxylation sites is 2. The summed E-state index contributed by atoms with van der Waals surface area (Å²) in [5.74, 6) is 1.31. The molecule has 1 saturated heterocycles. The summed E-state index contributed by atoms with van der Waals surface area (Å²) in [6.45, 7) is 4.59. The first-order chi connectivity index (χ1) is 9.69. The van der Waals surface area contributed by atoms with E-state index in [1.807, 2.05) is 31.2 Å². The van der Waals surface area contributed by atoms with Crippen LogP contribution in [0.25, 0.3) is 0 Å². The second-order valence-electron chi connectivity index (χ2n) is 4.94. The van der Waals surface area contributed by atoms with E-state index in [0.29, 0.717) is 13.2 Å². The first-order valence-electron chi connectivity index (χ1n) is 7.08. The number of amides is 1. The summed E-state index contributed by atoms with van der Waals surface area (Å²) in [5.41, 5.74) is 5.21. The lowest BCUT2D eigenvalue weighted by Crippen LogP contribution is -2.42. The first-order valence-corrected chi connectivity index (χ1v) is 7.08. The van der Waals surface area contributed by atoms with E-state index < -0.39 is 0 Å². The van der Waals surface area contributed by atoms with E-state index in [1.165, 1.54) is 0 Å². The molecule has 20 heavy (non-hydrogen) atoms. The van der Waals surface area contributed by atoms with Gasteiger partial charge in [0.05, 0.1) is 13.2 Å². The molecule has 0 saturated carbocycles. The number of likely N-dealkylation sites (tertiary alicyclic amines) is 1. The predicted octanol–water partition coefficient (Wildman–Crippen LogP) is 1.41. The number of carbonyl (C=O) groups is 1. The van der Waals surface area contributed by atoms with Gasteiger partial charge in [-0.25, -0.2) is 0 Å². The number of ether oxygens (including phenoxy) is 2. The fourth-order valence-electron chi connectivity index (χ4n) is 2.41. The summed E-state index contributed by atoms with van der Waals surface area (Å²) < 4.78 is 11.6. The molecule has 0 radical (unpaired) electrons. The molecule has 5 nitrogen and oxygen atoms in total. The van der Waals surface area contributed by atoms with E-state index in [2.05, 4.69) is 4.90 Å². The smallest absolute Gasteiger partial charge is 0.231 e. The van der Waals surface area contributed by atoms with Crippen LogP contribution in [0.1, 0.15) is 19.8 Å². The fourth-order valence-corrected chi connectivity index (χ4v) is 2.41. The number of nitrogens with zero attached hydrogens (tertiary/aromatic N) is 1. The maximum Gasteiger partial charge on any atom is 0.231 e. The molecule has 1 heterocycles. The minimum atomic E-state index is -0.272. The normalized spacial score (nSPS) is 16.9. The van der Waals surface area contributed by atoms with Gasteiger partial charge in [0.2, 0.25) is 5.91 Å². The van der Waals surface area contributed by atoms with Crippen molar-refractivity contribution in [2.24, 2.45) is 5.73 Å². The van der Waals surface area contributed by atoms with Crippen molar-refractivity contribution >= 4 is 5.91 Å². The van der Waals surface area contributed by atoms with Crippen LogP contribution < -0.4 is 15.2 Å². The molecular formula is C15H22N2O3. The van der Waals surface area contributed by atoms with Gasteiger partial charge in [-0.15, -0.1) is 0 Å². The Balaban J connectivity index is 1.88. The van der Waals surface area contributed by atoms with Crippen LogP contribution in [0.5, 0.6) is 11.5 Å². The third kappa shape index (κ3) is 4.13.